The highest BCUT2D eigenvalue weighted by molar-refractivity contribution is 6.45. The second-order valence-corrected chi connectivity index (χ2v) is 6.16. The SMILES string of the molecule is NCCCC1([SiH](O)O)CCCCC1. The molecule has 0 radical (unpaired) electrons. The first-order valence-corrected chi connectivity index (χ1v) is 6.88. The second kappa shape index (κ2) is 5.10. The third-order valence-corrected chi connectivity index (χ3v) is 5.24. The van der Waals surface area contributed by atoms with Crippen LogP contribution in [-0.2, 0) is 0 Å². The van der Waals surface area contributed by atoms with E-state index >= 15 is 0 Å². The van der Waals surface area contributed by atoms with Gasteiger partial charge in [-0.2, -0.15) is 0 Å². The minimum Gasteiger partial charge on any atom is -0.413 e. The Balaban J connectivity index is 2.51. The summed E-state index contributed by atoms with van der Waals surface area (Å²) in [4.78, 5) is 19.0. The molecule has 0 aromatic heterocycles. The van der Waals surface area contributed by atoms with Gasteiger partial charge in [0, 0.05) is 5.04 Å². The molecule has 0 aliphatic heterocycles. The van der Waals surface area contributed by atoms with Crippen LogP contribution in [0, 0.1) is 0 Å². The van der Waals surface area contributed by atoms with Gasteiger partial charge in [-0.3, -0.25) is 0 Å². The highest BCUT2D eigenvalue weighted by Crippen LogP contribution is 2.47. The van der Waals surface area contributed by atoms with Crippen molar-refractivity contribution in [1.82, 2.24) is 0 Å². The summed E-state index contributed by atoms with van der Waals surface area (Å²) in [6.07, 6.45) is 7.46. The summed E-state index contributed by atoms with van der Waals surface area (Å²) in [6.45, 7) is 0.670. The van der Waals surface area contributed by atoms with E-state index in [0.717, 1.165) is 38.5 Å². The van der Waals surface area contributed by atoms with Gasteiger partial charge in [0.2, 0.25) is 0 Å². The fourth-order valence-corrected chi connectivity index (χ4v) is 3.73. The Morgan fingerprint density at radius 3 is 2.23 bits per heavy atom. The Morgan fingerprint density at radius 1 is 1.15 bits per heavy atom. The van der Waals surface area contributed by atoms with Crippen molar-refractivity contribution in [3.63, 3.8) is 0 Å². The summed E-state index contributed by atoms with van der Waals surface area (Å²) >= 11 is 0. The van der Waals surface area contributed by atoms with Crippen LogP contribution in [0.4, 0.5) is 0 Å². The average Bonchev–Trinajstić information content (AvgIpc) is 2.16. The van der Waals surface area contributed by atoms with Gasteiger partial charge >= 0.3 is 9.28 Å². The van der Waals surface area contributed by atoms with Crippen molar-refractivity contribution >= 4 is 9.28 Å². The summed E-state index contributed by atoms with van der Waals surface area (Å²) in [7, 11) is -2.47. The van der Waals surface area contributed by atoms with E-state index in [1.807, 2.05) is 0 Å². The molecule has 0 aromatic rings. The second-order valence-electron chi connectivity index (χ2n) is 4.19. The summed E-state index contributed by atoms with van der Waals surface area (Å²) in [5, 5.41) is -0.0996. The van der Waals surface area contributed by atoms with E-state index < -0.39 is 9.28 Å². The zero-order valence-corrected chi connectivity index (χ0v) is 9.36. The summed E-state index contributed by atoms with van der Waals surface area (Å²) in [6, 6.07) is 0. The molecule has 0 unspecified atom stereocenters. The van der Waals surface area contributed by atoms with E-state index in [1.165, 1.54) is 6.42 Å². The minimum atomic E-state index is -2.47. The molecule has 1 aliphatic rings. The number of rotatable bonds is 4. The lowest BCUT2D eigenvalue weighted by molar-refractivity contribution is 0.259. The molecule has 0 aromatic carbocycles. The number of nitrogens with two attached hydrogens (primary N) is 1. The van der Waals surface area contributed by atoms with Crippen molar-refractivity contribution < 1.29 is 9.59 Å². The molecule has 13 heavy (non-hydrogen) atoms. The van der Waals surface area contributed by atoms with E-state index in [0.29, 0.717) is 6.54 Å². The minimum absolute atomic E-state index is 0.0996. The molecule has 1 rings (SSSR count). The zero-order valence-electron chi connectivity index (χ0n) is 8.21. The first-order chi connectivity index (χ1) is 6.21. The van der Waals surface area contributed by atoms with Gasteiger partial charge in [-0.25, -0.2) is 0 Å². The molecule has 78 valence electrons. The van der Waals surface area contributed by atoms with Crippen molar-refractivity contribution in [2.45, 2.75) is 50.0 Å². The van der Waals surface area contributed by atoms with Crippen LogP contribution in [-0.4, -0.2) is 25.4 Å². The number of hydrogen-bond acceptors (Lipinski definition) is 3. The van der Waals surface area contributed by atoms with Gasteiger partial charge in [0.15, 0.2) is 0 Å². The van der Waals surface area contributed by atoms with Gasteiger partial charge < -0.3 is 15.3 Å². The molecule has 0 spiro atoms. The molecular weight excluding hydrogens is 182 g/mol. The molecule has 1 fully saturated rings. The summed E-state index contributed by atoms with van der Waals surface area (Å²) in [5.41, 5.74) is 5.46. The molecule has 0 atom stereocenters. The third-order valence-electron chi connectivity index (χ3n) is 3.28. The topological polar surface area (TPSA) is 66.5 Å². The van der Waals surface area contributed by atoms with Crippen LogP contribution in [0.15, 0.2) is 0 Å². The quantitative estimate of drug-likeness (QED) is 0.587. The van der Waals surface area contributed by atoms with Crippen LogP contribution < -0.4 is 5.73 Å². The Labute approximate surface area is 81.8 Å². The molecule has 0 amide bonds. The van der Waals surface area contributed by atoms with Crippen LogP contribution in [0.25, 0.3) is 0 Å². The van der Waals surface area contributed by atoms with Crippen LogP contribution in [0.3, 0.4) is 0 Å². The smallest absolute Gasteiger partial charge is 0.322 e. The van der Waals surface area contributed by atoms with E-state index in [-0.39, 0.29) is 5.04 Å². The average molecular weight is 203 g/mol. The molecule has 0 heterocycles. The van der Waals surface area contributed by atoms with Crippen LogP contribution >= 0.6 is 0 Å². The lowest BCUT2D eigenvalue weighted by Crippen LogP contribution is -2.35. The third kappa shape index (κ3) is 2.77. The van der Waals surface area contributed by atoms with Crippen LogP contribution in [0.1, 0.15) is 44.9 Å². The predicted octanol–water partition coefficient (Wildman–Crippen LogP) is 0.635. The predicted molar refractivity (Wildman–Crippen MR) is 55.7 cm³/mol. The molecule has 3 nitrogen and oxygen atoms in total. The maximum Gasteiger partial charge on any atom is 0.322 e. The largest absolute Gasteiger partial charge is 0.413 e. The van der Waals surface area contributed by atoms with Gasteiger partial charge in [0.25, 0.3) is 0 Å². The highest BCUT2D eigenvalue weighted by Gasteiger charge is 2.39. The van der Waals surface area contributed by atoms with Crippen LogP contribution in [0.2, 0.25) is 5.04 Å². The van der Waals surface area contributed by atoms with Crippen molar-refractivity contribution in [3.8, 4) is 0 Å². The maximum absolute atomic E-state index is 9.51. The first kappa shape index (κ1) is 11.2. The lowest BCUT2D eigenvalue weighted by atomic mass is 9.85. The van der Waals surface area contributed by atoms with Crippen molar-refractivity contribution in [1.29, 1.82) is 0 Å². The Kier molecular flexibility index (Phi) is 4.38. The lowest BCUT2D eigenvalue weighted by Gasteiger charge is -2.37. The maximum atomic E-state index is 9.51. The molecule has 0 bridgehead atoms. The van der Waals surface area contributed by atoms with Gasteiger partial charge in [-0.1, -0.05) is 19.3 Å². The molecule has 1 aliphatic carbocycles. The molecule has 0 saturated heterocycles. The number of hydrogen-bond donors (Lipinski definition) is 3. The van der Waals surface area contributed by atoms with E-state index in [9.17, 15) is 9.59 Å². The van der Waals surface area contributed by atoms with Gasteiger partial charge in [-0.05, 0) is 32.2 Å². The Hall–Kier alpha value is 0.0969. The van der Waals surface area contributed by atoms with Crippen molar-refractivity contribution in [2.24, 2.45) is 5.73 Å². The molecule has 4 heteroatoms. The van der Waals surface area contributed by atoms with E-state index in [4.69, 9.17) is 5.73 Å². The van der Waals surface area contributed by atoms with Crippen molar-refractivity contribution in [2.75, 3.05) is 6.54 Å². The zero-order chi connectivity index (χ0) is 9.73. The Bertz CT molecular complexity index is 147. The summed E-state index contributed by atoms with van der Waals surface area (Å²) < 4.78 is 0. The fraction of sp³-hybridized carbons (Fsp3) is 1.00. The summed E-state index contributed by atoms with van der Waals surface area (Å²) in [5.74, 6) is 0. The molecule has 1 saturated carbocycles. The molecular formula is C9H21NO2Si. The molecule has 4 N–H and O–H groups in total. The standard InChI is InChI=1S/C9H21NO2Si/c10-8-4-7-9(13(11)12)5-2-1-3-6-9/h11-13H,1-8,10H2. The van der Waals surface area contributed by atoms with Crippen molar-refractivity contribution in [3.05, 3.63) is 0 Å². The van der Waals surface area contributed by atoms with Gasteiger partial charge in [0.05, 0.1) is 0 Å². The fourth-order valence-electron chi connectivity index (χ4n) is 2.35. The van der Waals surface area contributed by atoms with E-state index in [2.05, 4.69) is 0 Å². The van der Waals surface area contributed by atoms with E-state index in [1.54, 1.807) is 0 Å². The van der Waals surface area contributed by atoms with Gasteiger partial charge in [-0.15, -0.1) is 0 Å². The normalized spacial score (nSPS) is 22.2. The first-order valence-electron chi connectivity index (χ1n) is 5.27. The van der Waals surface area contributed by atoms with Gasteiger partial charge in [0.1, 0.15) is 0 Å². The Morgan fingerprint density at radius 2 is 1.77 bits per heavy atom. The monoisotopic (exact) mass is 203 g/mol. The highest BCUT2D eigenvalue weighted by atomic mass is 28.3. The van der Waals surface area contributed by atoms with Crippen LogP contribution in [0.5, 0.6) is 0 Å².